The molecule has 6 atom stereocenters. The van der Waals surface area contributed by atoms with Crippen molar-refractivity contribution in [3.8, 4) is 23.0 Å². The summed E-state index contributed by atoms with van der Waals surface area (Å²) in [6.07, 6.45) is -7.22. The summed E-state index contributed by atoms with van der Waals surface area (Å²) in [5.41, 5.74) is 0.750. The highest BCUT2D eigenvalue weighted by Gasteiger charge is 2.53. The molecule has 1 fully saturated rings. The van der Waals surface area contributed by atoms with Crippen LogP contribution < -0.4 is 9.47 Å². The lowest BCUT2D eigenvalue weighted by Crippen LogP contribution is -2.60. The minimum Gasteiger partial charge on any atom is -0.508 e. The average Bonchev–Trinajstić information content (AvgIpc) is 3.17. The smallest absolute Gasteiger partial charge is 0.340 e. The van der Waals surface area contributed by atoms with Crippen molar-refractivity contribution in [3.05, 3.63) is 82.9 Å². The first-order chi connectivity index (χ1) is 17.3. The third kappa shape index (κ3) is 3.20. The first kappa shape index (κ1) is 22.8. The Morgan fingerprint density at radius 1 is 0.861 bits per heavy atom. The molecule has 3 aromatic carbocycles. The number of carbonyl (C=O) groups excluding carboxylic acids is 1. The van der Waals surface area contributed by atoms with Crippen molar-refractivity contribution in [1.82, 2.24) is 0 Å². The van der Waals surface area contributed by atoms with Gasteiger partial charge in [0.15, 0.2) is 5.60 Å². The van der Waals surface area contributed by atoms with Gasteiger partial charge in [0.2, 0.25) is 6.29 Å². The van der Waals surface area contributed by atoms with Crippen molar-refractivity contribution in [2.45, 2.75) is 36.3 Å². The lowest BCUT2D eigenvalue weighted by atomic mass is 9.77. The molecule has 3 aliphatic rings. The zero-order valence-electron chi connectivity index (χ0n) is 18.6. The number of rotatable bonds is 3. The number of phenols is 1. The molecule has 5 N–H and O–H groups in total. The maximum atomic E-state index is 12.9. The number of aliphatic hydroxyl groups is 4. The van der Waals surface area contributed by atoms with E-state index < -0.39 is 48.9 Å². The molecule has 3 heterocycles. The van der Waals surface area contributed by atoms with E-state index in [0.29, 0.717) is 22.3 Å². The van der Waals surface area contributed by atoms with Crippen LogP contribution in [-0.2, 0) is 15.1 Å². The zero-order chi connectivity index (χ0) is 25.2. The fourth-order valence-corrected chi connectivity index (χ4v) is 5.02. The number of fused-ring (bicyclic) bond motifs is 6. The topological polar surface area (TPSA) is 155 Å². The number of aliphatic hydroxyl groups excluding tert-OH is 4. The first-order valence-corrected chi connectivity index (χ1v) is 11.3. The second kappa shape index (κ2) is 8.19. The molecule has 0 unspecified atom stereocenters. The van der Waals surface area contributed by atoms with Crippen LogP contribution in [0, 0.1) is 0 Å². The van der Waals surface area contributed by atoms with Crippen molar-refractivity contribution in [2.24, 2.45) is 0 Å². The van der Waals surface area contributed by atoms with E-state index in [1.807, 2.05) is 0 Å². The van der Waals surface area contributed by atoms with Crippen LogP contribution in [0.15, 0.2) is 60.7 Å². The third-order valence-corrected chi connectivity index (χ3v) is 6.77. The summed E-state index contributed by atoms with van der Waals surface area (Å²) in [5.74, 6) is 0.170. The Kier molecular flexibility index (Phi) is 5.18. The number of esters is 1. The van der Waals surface area contributed by atoms with Gasteiger partial charge >= 0.3 is 5.97 Å². The number of phenolic OH excluding ortho intramolecular Hbond substituents is 1. The lowest BCUT2D eigenvalue weighted by molar-refractivity contribution is -0.277. The molecule has 3 aromatic rings. The molecular weight excluding hydrogens is 472 g/mol. The molecule has 1 spiro atoms. The van der Waals surface area contributed by atoms with Gasteiger partial charge in [-0.1, -0.05) is 18.2 Å². The molecule has 0 radical (unpaired) electrons. The Labute approximate surface area is 204 Å². The molecule has 0 bridgehead atoms. The standard InChI is InChI=1S/C26H22O10/c27-11-20-21(29)22(30)23(31)25(35-20)33-13-6-8-17-19(10-13)34-18-9-12(28)5-7-16(18)26(17)15-4-2-1-3-14(15)24(32)36-26/h1-10,20-23,25,27-31H,11H2/t20-,21+,22+,23-,25-,26+/m1/s1. The van der Waals surface area contributed by atoms with E-state index >= 15 is 0 Å². The predicted octanol–water partition coefficient (Wildman–Crippen LogP) is 1.14. The first-order valence-electron chi connectivity index (χ1n) is 11.3. The van der Waals surface area contributed by atoms with Gasteiger partial charge in [-0.2, -0.15) is 0 Å². The van der Waals surface area contributed by atoms with Crippen LogP contribution in [0.1, 0.15) is 27.0 Å². The van der Waals surface area contributed by atoms with Gasteiger partial charge in [-0.25, -0.2) is 4.79 Å². The average molecular weight is 494 g/mol. The zero-order valence-corrected chi connectivity index (χ0v) is 18.6. The number of ether oxygens (including phenoxy) is 4. The molecule has 0 amide bonds. The summed E-state index contributed by atoms with van der Waals surface area (Å²) in [6, 6.07) is 16.3. The van der Waals surface area contributed by atoms with Gasteiger partial charge in [0.05, 0.1) is 12.2 Å². The van der Waals surface area contributed by atoms with E-state index in [9.17, 15) is 30.3 Å². The fraction of sp³-hybridized carbons (Fsp3) is 0.269. The minimum atomic E-state index is -1.60. The van der Waals surface area contributed by atoms with E-state index in [0.717, 1.165) is 0 Å². The predicted molar refractivity (Wildman–Crippen MR) is 121 cm³/mol. The van der Waals surface area contributed by atoms with Crippen molar-refractivity contribution in [3.63, 3.8) is 0 Å². The summed E-state index contributed by atoms with van der Waals surface area (Å²) in [5, 5.41) is 49.9. The van der Waals surface area contributed by atoms with Gasteiger partial charge in [-0.05, 0) is 30.3 Å². The molecule has 186 valence electrons. The van der Waals surface area contributed by atoms with Crippen molar-refractivity contribution in [2.75, 3.05) is 6.61 Å². The SMILES string of the molecule is O=C1O[C@]2(c3ccc(O)cc3Oc3cc(O[C@@H]4O[C@H](CO)[C@H](O)[C@H](O)[C@H]4O)ccc32)c2ccccc21. The summed E-state index contributed by atoms with van der Waals surface area (Å²) in [6.45, 7) is -0.592. The molecule has 3 aliphatic heterocycles. The van der Waals surface area contributed by atoms with E-state index in [4.69, 9.17) is 18.9 Å². The molecule has 0 aromatic heterocycles. The summed E-state index contributed by atoms with van der Waals surface area (Å²) in [4.78, 5) is 12.9. The molecule has 6 rings (SSSR count). The molecule has 0 aliphatic carbocycles. The van der Waals surface area contributed by atoms with Crippen LogP contribution in [-0.4, -0.2) is 68.8 Å². The number of aromatic hydroxyl groups is 1. The van der Waals surface area contributed by atoms with Crippen molar-refractivity contribution in [1.29, 1.82) is 0 Å². The Morgan fingerprint density at radius 2 is 1.58 bits per heavy atom. The summed E-state index contributed by atoms with van der Waals surface area (Å²) in [7, 11) is 0. The van der Waals surface area contributed by atoms with Crippen LogP contribution in [0.2, 0.25) is 0 Å². The summed E-state index contributed by atoms with van der Waals surface area (Å²) >= 11 is 0. The Balaban J connectivity index is 1.43. The number of carbonyl (C=O) groups is 1. The van der Waals surface area contributed by atoms with Crippen molar-refractivity contribution >= 4 is 5.97 Å². The fourth-order valence-electron chi connectivity index (χ4n) is 5.02. The Hall–Kier alpha value is -3.67. The monoisotopic (exact) mass is 494 g/mol. The maximum Gasteiger partial charge on any atom is 0.340 e. The highest BCUT2D eigenvalue weighted by Crippen LogP contribution is 2.57. The third-order valence-electron chi connectivity index (χ3n) is 6.77. The van der Waals surface area contributed by atoms with Gasteiger partial charge in [-0.3, -0.25) is 0 Å². The second-order valence-corrected chi connectivity index (χ2v) is 8.87. The highest BCUT2D eigenvalue weighted by molar-refractivity contribution is 5.97. The van der Waals surface area contributed by atoms with Crippen molar-refractivity contribution < 1.29 is 49.3 Å². The lowest BCUT2D eigenvalue weighted by Gasteiger charge is -2.40. The van der Waals surface area contributed by atoms with E-state index in [2.05, 4.69) is 0 Å². The largest absolute Gasteiger partial charge is 0.508 e. The molecule has 1 saturated heterocycles. The van der Waals surface area contributed by atoms with Crippen LogP contribution in [0.25, 0.3) is 0 Å². The van der Waals surface area contributed by atoms with Crippen LogP contribution >= 0.6 is 0 Å². The molecule has 36 heavy (non-hydrogen) atoms. The summed E-state index contributed by atoms with van der Waals surface area (Å²) < 4.78 is 23.3. The van der Waals surface area contributed by atoms with Gasteiger partial charge in [0, 0.05) is 28.8 Å². The van der Waals surface area contributed by atoms with Crippen LogP contribution in [0.4, 0.5) is 0 Å². The highest BCUT2D eigenvalue weighted by atomic mass is 16.7. The van der Waals surface area contributed by atoms with Crippen LogP contribution in [0.3, 0.4) is 0 Å². The number of hydrogen-bond donors (Lipinski definition) is 5. The van der Waals surface area contributed by atoms with Gasteiger partial charge in [0.1, 0.15) is 47.4 Å². The number of hydrogen-bond acceptors (Lipinski definition) is 10. The molecule has 0 saturated carbocycles. The van der Waals surface area contributed by atoms with E-state index in [1.165, 1.54) is 18.2 Å². The minimum absolute atomic E-state index is 0.0429. The quantitative estimate of drug-likeness (QED) is 0.335. The Bertz CT molecular complexity index is 1350. The van der Waals surface area contributed by atoms with E-state index in [-0.39, 0.29) is 23.0 Å². The van der Waals surface area contributed by atoms with E-state index in [1.54, 1.807) is 42.5 Å². The van der Waals surface area contributed by atoms with Gasteiger partial charge < -0.3 is 44.5 Å². The Morgan fingerprint density at radius 3 is 2.36 bits per heavy atom. The van der Waals surface area contributed by atoms with Gasteiger partial charge in [0.25, 0.3) is 0 Å². The normalized spacial score (nSPS) is 30.1. The van der Waals surface area contributed by atoms with Crippen LogP contribution in [0.5, 0.6) is 23.0 Å². The number of benzene rings is 3. The second-order valence-electron chi connectivity index (χ2n) is 8.87. The van der Waals surface area contributed by atoms with Gasteiger partial charge in [-0.15, -0.1) is 0 Å². The maximum absolute atomic E-state index is 12.9. The molecule has 10 nitrogen and oxygen atoms in total. The molecule has 10 heteroatoms. The molecular formula is C26H22O10.